The number of rotatable bonds is 4. The van der Waals surface area contributed by atoms with Gasteiger partial charge >= 0.3 is 5.97 Å². The zero-order chi connectivity index (χ0) is 11.3. The molecule has 5 nitrogen and oxygen atoms in total. The number of carbonyl (C=O) groups excluding carboxylic acids is 1. The lowest BCUT2D eigenvalue weighted by molar-refractivity contribution is -0.143. The van der Waals surface area contributed by atoms with Gasteiger partial charge in [0.25, 0.3) is 0 Å². The molecule has 0 bridgehead atoms. The first kappa shape index (κ1) is 11.8. The molecular weight excluding hydrogens is 194 g/mol. The van der Waals surface area contributed by atoms with E-state index in [1.807, 2.05) is 0 Å². The Morgan fingerprint density at radius 3 is 2.87 bits per heavy atom. The molecule has 1 atom stereocenters. The van der Waals surface area contributed by atoms with E-state index in [2.05, 4.69) is 29.5 Å². The minimum absolute atomic E-state index is 0.236. The molecule has 0 radical (unpaired) electrons. The third kappa shape index (κ3) is 3.77. The van der Waals surface area contributed by atoms with Gasteiger partial charge in [0.05, 0.1) is 13.7 Å². The van der Waals surface area contributed by atoms with Crippen LogP contribution in [-0.4, -0.2) is 38.2 Å². The van der Waals surface area contributed by atoms with Crippen LogP contribution in [0.15, 0.2) is 4.99 Å². The topological polar surface area (TPSA) is 62.7 Å². The fourth-order valence-electron chi connectivity index (χ4n) is 1.49. The molecule has 5 heteroatoms. The third-order valence-electron chi connectivity index (χ3n) is 2.18. The van der Waals surface area contributed by atoms with Crippen LogP contribution in [0.2, 0.25) is 0 Å². The minimum atomic E-state index is -0.306. The van der Waals surface area contributed by atoms with Gasteiger partial charge in [0, 0.05) is 6.54 Å². The SMILES string of the molecule is COC(=O)C(CC(C)C)NC1=NCCN1. The average Bonchev–Trinajstić information content (AvgIpc) is 2.67. The highest BCUT2D eigenvalue weighted by molar-refractivity contribution is 5.87. The molecular formula is C10H19N3O2. The summed E-state index contributed by atoms with van der Waals surface area (Å²) in [7, 11) is 1.40. The molecule has 0 fully saturated rings. The molecule has 0 aromatic rings. The van der Waals surface area contributed by atoms with Crippen LogP contribution in [0.25, 0.3) is 0 Å². The van der Waals surface area contributed by atoms with Gasteiger partial charge in [0.2, 0.25) is 0 Å². The fraction of sp³-hybridized carbons (Fsp3) is 0.800. The predicted molar refractivity (Wildman–Crippen MR) is 58.7 cm³/mol. The quantitative estimate of drug-likeness (QED) is 0.651. The third-order valence-corrected chi connectivity index (χ3v) is 2.18. The van der Waals surface area contributed by atoms with Crippen LogP contribution in [0.1, 0.15) is 20.3 Å². The number of esters is 1. The Kier molecular flexibility index (Phi) is 4.39. The monoisotopic (exact) mass is 213 g/mol. The van der Waals surface area contributed by atoms with Crippen molar-refractivity contribution in [2.75, 3.05) is 20.2 Å². The van der Waals surface area contributed by atoms with Crippen molar-refractivity contribution in [3.8, 4) is 0 Å². The number of ether oxygens (including phenoxy) is 1. The van der Waals surface area contributed by atoms with Crippen molar-refractivity contribution in [1.82, 2.24) is 10.6 Å². The van der Waals surface area contributed by atoms with Gasteiger partial charge in [-0.15, -0.1) is 0 Å². The zero-order valence-corrected chi connectivity index (χ0v) is 9.54. The molecule has 2 N–H and O–H groups in total. The van der Waals surface area contributed by atoms with E-state index in [0.717, 1.165) is 19.5 Å². The van der Waals surface area contributed by atoms with Crippen molar-refractivity contribution in [3.05, 3.63) is 0 Å². The molecule has 1 aliphatic rings. The van der Waals surface area contributed by atoms with E-state index >= 15 is 0 Å². The van der Waals surface area contributed by atoms with Gasteiger partial charge < -0.3 is 15.4 Å². The number of aliphatic imine (C=N–C) groups is 1. The highest BCUT2D eigenvalue weighted by atomic mass is 16.5. The van der Waals surface area contributed by atoms with E-state index in [0.29, 0.717) is 11.9 Å². The van der Waals surface area contributed by atoms with Gasteiger partial charge in [-0.05, 0) is 12.3 Å². The minimum Gasteiger partial charge on any atom is -0.467 e. The molecule has 1 aliphatic heterocycles. The maximum atomic E-state index is 11.5. The van der Waals surface area contributed by atoms with E-state index in [1.54, 1.807) is 0 Å². The number of hydrogen-bond acceptors (Lipinski definition) is 5. The zero-order valence-electron chi connectivity index (χ0n) is 9.54. The summed E-state index contributed by atoms with van der Waals surface area (Å²) < 4.78 is 4.74. The lowest BCUT2D eigenvalue weighted by Gasteiger charge is -2.19. The van der Waals surface area contributed by atoms with Gasteiger partial charge in [-0.25, -0.2) is 4.79 Å². The first-order valence-corrected chi connectivity index (χ1v) is 5.26. The number of carbonyl (C=O) groups is 1. The first-order chi connectivity index (χ1) is 7.13. The number of hydrogen-bond donors (Lipinski definition) is 2. The summed E-state index contributed by atoms with van der Waals surface area (Å²) in [6, 6.07) is -0.306. The lowest BCUT2D eigenvalue weighted by atomic mass is 10.0. The average molecular weight is 213 g/mol. The molecule has 0 spiro atoms. The second-order valence-corrected chi connectivity index (χ2v) is 4.01. The van der Waals surface area contributed by atoms with Gasteiger partial charge in [0.1, 0.15) is 6.04 Å². The summed E-state index contributed by atoms with van der Waals surface area (Å²) in [4.78, 5) is 15.7. The summed E-state index contributed by atoms with van der Waals surface area (Å²) in [5, 5.41) is 6.13. The molecule has 0 aromatic carbocycles. The van der Waals surface area contributed by atoms with Crippen LogP contribution in [-0.2, 0) is 9.53 Å². The van der Waals surface area contributed by atoms with Gasteiger partial charge in [-0.3, -0.25) is 4.99 Å². The molecule has 0 saturated heterocycles. The Morgan fingerprint density at radius 2 is 2.40 bits per heavy atom. The Morgan fingerprint density at radius 1 is 1.67 bits per heavy atom. The summed E-state index contributed by atoms with van der Waals surface area (Å²) in [6.07, 6.45) is 0.743. The van der Waals surface area contributed by atoms with Gasteiger partial charge in [-0.2, -0.15) is 0 Å². The molecule has 0 saturated carbocycles. The van der Waals surface area contributed by atoms with Crippen LogP contribution in [0, 0.1) is 5.92 Å². The van der Waals surface area contributed by atoms with Crippen molar-refractivity contribution in [1.29, 1.82) is 0 Å². The van der Waals surface area contributed by atoms with E-state index in [-0.39, 0.29) is 12.0 Å². The van der Waals surface area contributed by atoms with Crippen LogP contribution >= 0.6 is 0 Å². The molecule has 1 heterocycles. The predicted octanol–water partition coefficient (Wildman–Crippen LogP) is 0.123. The smallest absolute Gasteiger partial charge is 0.328 e. The number of methoxy groups -OCH3 is 1. The van der Waals surface area contributed by atoms with Gasteiger partial charge in [0.15, 0.2) is 5.96 Å². The molecule has 0 aromatic heterocycles. The van der Waals surface area contributed by atoms with E-state index < -0.39 is 0 Å². The molecule has 86 valence electrons. The molecule has 1 unspecified atom stereocenters. The summed E-state index contributed by atoms with van der Waals surface area (Å²) in [6.45, 7) is 5.73. The fourth-order valence-corrected chi connectivity index (χ4v) is 1.49. The van der Waals surface area contributed by atoms with Crippen molar-refractivity contribution in [2.24, 2.45) is 10.9 Å². The first-order valence-electron chi connectivity index (χ1n) is 5.26. The van der Waals surface area contributed by atoms with Crippen molar-refractivity contribution in [2.45, 2.75) is 26.3 Å². The molecule has 0 amide bonds. The van der Waals surface area contributed by atoms with Crippen molar-refractivity contribution >= 4 is 11.9 Å². The van der Waals surface area contributed by atoms with E-state index in [4.69, 9.17) is 4.74 Å². The summed E-state index contributed by atoms with van der Waals surface area (Å²) >= 11 is 0. The lowest BCUT2D eigenvalue weighted by Crippen LogP contribution is -2.46. The van der Waals surface area contributed by atoms with E-state index in [1.165, 1.54) is 7.11 Å². The highest BCUT2D eigenvalue weighted by Gasteiger charge is 2.22. The van der Waals surface area contributed by atoms with Crippen LogP contribution in [0.4, 0.5) is 0 Å². The highest BCUT2D eigenvalue weighted by Crippen LogP contribution is 2.06. The maximum Gasteiger partial charge on any atom is 0.328 e. The van der Waals surface area contributed by atoms with E-state index in [9.17, 15) is 4.79 Å². The van der Waals surface area contributed by atoms with Crippen molar-refractivity contribution < 1.29 is 9.53 Å². The standard InChI is InChI=1S/C10H19N3O2/c1-7(2)6-8(9(14)15-3)13-10-11-4-5-12-10/h7-8H,4-6H2,1-3H3,(H2,11,12,13). The Balaban J connectivity index is 2.51. The second kappa shape index (κ2) is 5.58. The number of nitrogens with one attached hydrogen (secondary N) is 2. The molecule has 0 aliphatic carbocycles. The largest absolute Gasteiger partial charge is 0.467 e. The van der Waals surface area contributed by atoms with Crippen molar-refractivity contribution in [3.63, 3.8) is 0 Å². The normalized spacial score (nSPS) is 16.9. The second-order valence-electron chi connectivity index (χ2n) is 4.01. The summed E-state index contributed by atoms with van der Waals surface area (Å²) in [5.74, 6) is 0.898. The van der Waals surface area contributed by atoms with Crippen LogP contribution in [0.3, 0.4) is 0 Å². The summed E-state index contributed by atoms with van der Waals surface area (Å²) in [5.41, 5.74) is 0. The Labute approximate surface area is 90.3 Å². The Bertz CT molecular complexity index is 251. The molecule has 1 rings (SSSR count). The molecule has 15 heavy (non-hydrogen) atoms. The Hall–Kier alpha value is -1.26. The van der Waals surface area contributed by atoms with Crippen LogP contribution < -0.4 is 10.6 Å². The number of nitrogens with zero attached hydrogens (tertiary/aromatic N) is 1. The van der Waals surface area contributed by atoms with Crippen LogP contribution in [0.5, 0.6) is 0 Å². The maximum absolute atomic E-state index is 11.5. The number of guanidine groups is 1. The van der Waals surface area contributed by atoms with Gasteiger partial charge in [-0.1, -0.05) is 13.8 Å².